The van der Waals surface area contributed by atoms with Crippen LogP contribution in [0.15, 0.2) is 18.2 Å². The summed E-state index contributed by atoms with van der Waals surface area (Å²) in [4.78, 5) is 0. The Morgan fingerprint density at radius 3 is 2.65 bits per heavy atom. The number of aliphatic hydroxyl groups excluding tert-OH is 1. The molecule has 1 aromatic carbocycles. The summed E-state index contributed by atoms with van der Waals surface area (Å²) >= 11 is 5.77. The number of hydrogen-bond donors (Lipinski definition) is 1. The van der Waals surface area contributed by atoms with Crippen LogP contribution in [0.4, 0.5) is 4.39 Å². The summed E-state index contributed by atoms with van der Waals surface area (Å²) in [7, 11) is -3.02. The predicted octanol–water partition coefficient (Wildman–Crippen LogP) is 2.34. The van der Waals surface area contributed by atoms with Crippen LogP contribution in [0.1, 0.15) is 24.5 Å². The fraction of sp³-hybridized carbons (Fsp3) is 0.455. The molecule has 3 nitrogen and oxygen atoms in total. The van der Waals surface area contributed by atoms with Crippen molar-refractivity contribution in [1.82, 2.24) is 0 Å². The summed E-state index contributed by atoms with van der Waals surface area (Å²) in [5.74, 6) is -0.454. The van der Waals surface area contributed by atoms with Gasteiger partial charge in [-0.15, -0.1) is 0 Å². The first-order chi connectivity index (χ1) is 7.79. The second-order valence-corrected chi connectivity index (χ2v) is 6.62. The van der Waals surface area contributed by atoms with Crippen molar-refractivity contribution in [2.24, 2.45) is 0 Å². The highest BCUT2D eigenvalue weighted by molar-refractivity contribution is 7.90. The van der Waals surface area contributed by atoms with Crippen LogP contribution in [-0.4, -0.2) is 25.5 Å². The first-order valence-electron chi connectivity index (χ1n) is 5.10. The van der Waals surface area contributed by atoms with Gasteiger partial charge in [-0.05, 0) is 30.5 Å². The van der Waals surface area contributed by atoms with Gasteiger partial charge in [0.05, 0.1) is 6.10 Å². The smallest absolute Gasteiger partial charge is 0.147 e. The highest BCUT2D eigenvalue weighted by atomic mass is 35.5. The topological polar surface area (TPSA) is 54.4 Å². The van der Waals surface area contributed by atoms with E-state index in [2.05, 4.69) is 0 Å². The Bertz CT molecular complexity index is 487. The molecule has 0 aliphatic carbocycles. The highest BCUT2D eigenvalue weighted by Gasteiger charge is 2.13. The number of sulfone groups is 1. The quantitative estimate of drug-likeness (QED) is 0.901. The van der Waals surface area contributed by atoms with E-state index in [1.54, 1.807) is 0 Å². The van der Waals surface area contributed by atoms with E-state index in [0.717, 1.165) is 12.3 Å². The van der Waals surface area contributed by atoms with Crippen LogP contribution in [0.3, 0.4) is 0 Å². The molecule has 0 aromatic heterocycles. The fourth-order valence-electron chi connectivity index (χ4n) is 1.47. The molecule has 0 saturated heterocycles. The van der Waals surface area contributed by atoms with Gasteiger partial charge in [-0.3, -0.25) is 0 Å². The van der Waals surface area contributed by atoms with Crippen LogP contribution < -0.4 is 0 Å². The molecule has 0 amide bonds. The van der Waals surface area contributed by atoms with Crippen molar-refractivity contribution in [3.63, 3.8) is 0 Å². The van der Waals surface area contributed by atoms with Crippen LogP contribution in [0.5, 0.6) is 0 Å². The molecular formula is C11H14ClFO3S. The standard InChI is InChI=1S/C11H14ClFO3S/c1-17(15,16)6-2-3-11(14)9-5-4-8(13)7-10(9)12/h4-5,7,11,14H,2-3,6H2,1H3. The Hall–Kier alpha value is -0.650. The van der Waals surface area contributed by atoms with E-state index in [1.807, 2.05) is 0 Å². The van der Waals surface area contributed by atoms with Crippen LogP contribution in [0.2, 0.25) is 5.02 Å². The van der Waals surface area contributed by atoms with Gasteiger partial charge in [0.1, 0.15) is 15.7 Å². The Balaban J connectivity index is 2.61. The SMILES string of the molecule is CS(=O)(=O)CCCC(O)c1ccc(F)cc1Cl. The molecule has 0 saturated carbocycles. The Kier molecular flexibility index (Phi) is 4.91. The molecule has 1 N–H and O–H groups in total. The Morgan fingerprint density at radius 1 is 1.47 bits per heavy atom. The summed E-state index contributed by atoms with van der Waals surface area (Å²) in [6.07, 6.45) is 0.890. The Labute approximate surface area is 105 Å². The van der Waals surface area contributed by atoms with Gasteiger partial charge in [0.15, 0.2) is 0 Å². The number of aliphatic hydroxyl groups is 1. The molecule has 1 unspecified atom stereocenters. The zero-order valence-electron chi connectivity index (χ0n) is 9.36. The summed E-state index contributed by atoms with van der Waals surface area (Å²) in [6, 6.07) is 3.74. The largest absolute Gasteiger partial charge is 0.388 e. The van der Waals surface area contributed by atoms with E-state index < -0.39 is 21.8 Å². The molecule has 6 heteroatoms. The number of rotatable bonds is 5. The normalized spacial score (nSPS) is 13.6. The molecule has 1 rings (SSSR count). The van der Waals surface area contributed by atoms with Crippen molar-refractivity contribution in [2.75, 3.05) is 12.0 Å². The number of hydrogen-bond acceptors (Lipinski definition) is 3. The molecule has 0 radical (unpaired) electrons. The fourth-order valence-corrected chi connectivity index (χ4v) is 2.45. The zero-order valence-corrected chi connectivity index (χ0v) is 10.9. The average Bonchev–Trinajstić information content (AvgIpc) is 2.15. The molecule has 96 valence electrons. The first-order valence-corrected chi connectivity index (χ1v) is 7.54. The minimum atomic E-state index is -3.02. The van der Waals surface area contributed by atoms with Gasteiger partial charge in [-0.1, -0.05) is 17.7 Å². The number of benzene rings is 1. The lowest BCUT2D eigenvalue weighted by Crippen LogP contribution is -2.06. The molecule has 0 aliphatic rings. The maximum absolute atomic E-state index is 12.8. The maximum atomic E-state index is 12.8. The second-order valence-electron chi connectivity index (χ2n) is 3.95. The Morgan fingerprint density at radius 2 is 2.12 bits per heavy atom. The van der Waals surface area contributed by atoms with Crippen LogP contribution in [0.25, 0.3) is 0 Å². The van der Waals surface area contributed by atoms with Crippen molar-refractivity contribution < 1.29 is 17.9 Å². The third kappa shape index (κ3) is 5.02. The van der Waals surface area contributed by atoms with Crippen molar-refractivity contribution in [3.05, 3.63) is 34.6 Å². The number of halogens is 2. The van der Waals surface area contributed by atoms with Crippen molar-refractivity contribution in [2.45, 2.75) is 18.9 Å². The molecule has 1 aromatic rings. The van der Waals surface area contributed by atoms with Gasteiger partial charge in [0.25, 0.3) is 0 Å². The van der Waals surface area contributed by atoms with Gasteiger partial charge in [0, 0.05) is 17.0 Å². The zero-order chi connectivity index (χ0) is 13.1. The third-order valence-electron chi connectivity index (χ3n) is 2.31. The van der Waals surface area contributed by atoms with Gasteiger partial charge >= 0.3 is 0 Å². The van der Waals surface area contributed by atoms with E-state index in [1.165, 1.54) is 12.1 Å². The van der Waals surface area contributed by atoms with Crippen LogP contribution in [-0.2, 0) is 9.84 Å². The molecule has 0 aliphatic heterocycles. The van der Waals surface area contributed by atoms with Crippen LogP contribution in [0, 0.1) is 5.82 Å². The summed E-state index contributed by atoms with van der Waals surface area (Å²) < 4.78 is 34.6. The average molecular weight is 281 g/mol. The molecule has 0 heterocycles. The van der Waals surface area contributed by atoms with E-state index in [-0.39, 0.29) is 17.2 Å². The molecule has 0 fully saturated rings. The van der Waals surface area contributed by atoms with Gasteiger partial charge < -0.3 is 5.11 Å². The van der Waals surface area contributed by atoms with Crippen LogP contribution >= 0.6 is 11.6 Å². The third-order valence-corrected chi connectivity index (χ3v) is 3.67. The molecule has 1 atom stereocenters. The lowest BCUT2D eigenvalue weighted by atomic mass is 10.1. The summed E-state index contributed by atoms with van der Waals surface area (Å²) in [6.45, 7) is 0. The van der Waals surface area contributed by atoms with Crippen molar-refractivity contribution in [3.8, 4) is 0 Å². The first kappa shape index (κ1) is 14.4. The highest BCUT2D eigenvalue weighted by Crippen LogP contribution is 2.26. The van der Waals surface area contributed by atoms with Gasteiger partial charge in [0.2, 0.25) is 0 Å². The molecule has 0 bridgehead atoms. The lowest BCUT2D eigenvalue weighted by Gasteiger charge is -2.12. The molecule has 17 heavy (non-hydrogen) atoms. The minimum Gasteiger partial charge on any atom is -0.388 e. The maximum Gasteiger partial charge on any atom is 0.147 e. The van der Waals surface area contributed by atoms with Crippen molar-refractivity contribution >= 4 is 21.4 Å². The van der Waals surface area contributed by atoms with Gasteiger partial charge in [-0.25, -0.2) is 12.8 Å². The molecular weight excluding hydrogens is 267 g/mol. The van der Waals surface area contributed by atoms with E-state index in [0.29, 0.717) is 12.0 Å². The monoisotopic (exact) mass is 280 g/mol. The van der Waals surface area contributed by atoms with E-state index in [9.17, 15) is 17.9 Å². The summed E-state index contributed by atoms with van der Waals surface area (Å²) in [5, 5.41) is 9.94. The van der Waals surface area contributed by atoms with Crippen molar-refractivity contribution in [1.29, 1.82) is 0 Å². The minimum absolute atomic E-state index is 0.0167. The summed E-state index contributed by atoms with van der Waals surface area (Å²) in [5.41, 5.74) is 0.418. The predicted molar refractivity (Wildman–Crippen MR) is 65.3 cm³/mol. The van der Waals surface area contributed by atoms with Gasteiger partial charge in [-0.2, -0.15) is 0 Å². The molecule has 0 spiro atoms. The second kappa shape index (κ2) is 5.80. The van der Waals surface area contributed by atoms with E-state index in [4.69, 9.17) is 11.6 Å². The lowest BCUT2D eigenvalue weighted by molar-refractivity contribution is 0.166. The van der Waals surface area contributed by atoms with E-state index >= 15 is 0 Å².